The summed E-state index contributed by atoms with van der Waals surface area (Å²) in [6.45, 7) is 3.81. The second kappa shape index (κ2) is 5.86. The van der Waals surface area contributed by atoms with Crippen LogP contribution in [0.15, 0.2) is 48.5 Å². The predicted molar refractivity (Wildman–Crippen MR) is 86.5 cm³/mol. The van der Waals surface area contributed by atoms with E-state index in [1.165, 1.54) is 0 Å². The van der Waals surface area contributed by atoms with Crippen LogP contribution in [0.3, 0.4) is 0 Å². The van der Waals surface area contributed by atoms with Crippen LogP contribution in [-0.4, -0.2) is 5.91 Å². The van der Waals surface area contributed by atoms with Gasteiger partial charge in [0.05, 0.1) is 17.2 Å². The number of alkyl halides is 3. The van der Waals surface area contributed by atoms with E-state index in [1.807, 2.05) is 44.2 Å². The first-order valence-corrected chi connectivity index (χ1v) is 7.85. The molecule has 0 heterocycles. The summed E-state index contributed by atoms with van der Waals surface area (Å²) in [6, 6.07) is 11.6. The highest BCUT2D eigenvalue weighted by Crippen LogP contribution is 2.64. The van der Waals surface area contributed by atoms with E-state index in [1.54, 1.807) is 0 Å². The zero-order valence-electron chi connectivity index (χ0n) is 13.7. The van der Waals surface area contributed by atoms with Crippen LogP contribution in [0.1, 0.15) is 30.9 Å². The minimum Gasteiger partial charge on any atom is -0.325 e. The summed E-state index contributed by atoms with van der Waals surface area (Å²) in [4.78, 5) is 12.6. The maximum Gasteiger partial charge on any atom is 0.418 e. The number of amides is 1. The Hall–Kier alpha value is -2.37. The third-order valence-corrected chi connectivity index (χ3v) is 4.81. The van der Waals surface area contributed by atoms with Gasteiger partial charge in [-0.25, -0.2) is 4.39 Å². The van der Waals surface area contributed by atoms with Gasteiger partial charge >= 0.3 is 6.18 Å². The SMILES string of the molecule is CC1(C)C(C(=O)Nc2ccc(F)cc2C(F)(F)F)C1c1ccccc1. The standard InChI is InChI=1S/C19H17F4NO/c1-18(2)15(11-6-4-3-5-7-11)16(18)17(25)24-14-9-8-12(20)10-13(14)19(21,22)23/h3-10,15-16H,1-2H3,(H,24,25). The van der Waals surface area contributed by atoms with E-state index in [9.17, 15) is 22.4 Å². The Morgan fingerprint density at radius 1 is 1.08 bits per heavy atom. The average molecular weight is 351 g/mol. The molecule has 2 aromatic rings. The highest BCUT2D eigenvalue weighted by molar-refractivity contribution is 5.97. The van der Waals surface area contributed by atoms with E-state index in [4.69, 9.17) is 0 Å². The van der Waals surface area contributed by atoms with Gasteiger partial charge in [-0.15, -0.1) is 0 Å². The molecule has 1 amide bonds. The second-order valence-corrected chi connectivity index (χ2v) is 6.86. The minimum atomic E-state index is -4.75. The summed E-state index contributed by atoms with van der Waals surface area (Å²) in [7, 11) is 0. The first kappa shape index (κ1) is 17.5. The molecule has 1 saturated carbocycles. The molecule has 1 aliphatic carbocycles. The van der Waals surface area contributed by atoms with Crippen molar-refractivity contribution < 1.29 is 22.4 Å². The van der Waals surface area contributed by atoms with E-state index in [0.717, 1.165) is 17.7 Å². The maximum atomic E-state index is 13.2. The van der Waals surface area contributed by atoms with Crippen molar-refractivity contribution in [2.45, 2.75) is 25.9 Å². The van der Waals surface area contributed by atoms with Gasteiger partial charge in [0.2, 0.25) is 5.91 Å². The molecule has 0 radical (unpaired) electrons. The molecular formula is C19H17F4NO. The predicted octanol–water partition coefficient (Wildman–Crippen LogP) is 5.22. The first-order valence-electron chi connectivity index (χ1n) is 7.85. The maximum absolute atomic E-state index is 13.2. The monoisotopic (exact) mass is 351 g/mol. The molecule has 132 valence electrons. The lowest BCUT2D eigenvalue weighted by molar-refractivity contribution is -0.137. The van der Waals surface area contributed by atoms with Crippen molar-refractivity contribution in [1.82, 2.24) is 0 Å². The van der Waals surface area contributed by atoms with Crippen LogP contribution in [0.4, 0.5) is 23.2 Å². The Balaban J connectivity index is 1.85. The molecule has 2 aromatic carbocycles. The summed E-state index contributed by atoms with van der Waals surface area (Å²) in [6.07, 6.45) is -4.75. The van der Waals surface area contributed by atoms with Gasteiger partial charge in [-0.2, -0.15) is 13.2 Å². The van der Waals surface area contributed by atoms with Gasteiger partial charge in [0.25, 0.3) is 0 Å². The second-order valence-electron chi connectivity index (χ2n) is 6.86. The Kier molecular flexibility index (Phi) is 4.09. The van der Waals surface area contributed by atoms with Crippen molar-refractivity contribution in [3.63, 3.8) is 0 Å². The van der Waals surface area contributed by atoms with Crippen molar-refractivity contribution >= 4 is 11.6 Å². The van der Waals surface area contributed by atoms with Crippen LogP contribution in [0.2, 0.25) is 0 Å². The lowest BCUT2D eigenvalue weighted by Crippen LogP contribution is -2.20. The number of nitrogens with one attached hydrogen (secondary N) is 1. The van der Waals surface area contributed by atoms with Crippen molar-refractivity contribution in [2.75, 3.05) is 5.32 Å². The molecule has 6 heteroatoms. The molecule has 1 aliphatic rings. The highest BCUT2D eigenvalue weighted by atomic mass is 19.4. The third kappa shape index (κ3) is 3.25. The minimum absolute atomic E-state index is 0.0662. The fourth-order valence-corrected chi connectivity index (χ4v) is 3.48. The number of hydrogen-bond donors (Lipinski definition) is 1. The zero-order valence-corrected chi connectivity index (χ0v) is 13.7. The number of carbonyl (C=O) groups excluding carboxylic acids is 1. The lowest BCUT2D eigenvalue weighted by atomic mass is 10.0. The summed E-state index contributed by atoms with van der Waals surface area (Å²) < 4.78 is 52.4. The molecule has 2 atom stereocenters. The molecule has 0 aliphatic heterocycles. The Morgan fingerprint density at radius 2 is 1.72 bits per heavy atom. The molecule has 2 nitrogen and oxygen atoms in total. The van der Waals surface area contributed by atoms with E-state index >= 15 is 0 Å². The molecule has 1 fully saturated rings. The number of benzene rings is 2. The average Bonchev–Trinajstić information content (AvgIpc) is 3.11. The van der Waals surface area contributed by atoms with Crippen LogP contribution in [0.5, 0.6) is 0 Å². The summed E-state index contributed by atoms with van der Waals surface area (Å²) >= 11 is 0. The largest absolute Gasteiger partial charge is 0.418 e. The Morgan fingerprint density at radius 3 is 2.32 bits per heavy atom. The normalized spacial score (nSPS) is 21.7. The topological polar surface area (TPSA) is 29.1 Å². The van der Waals surface area contributed by atoms with E-state index in [2.05, 4.69) is 5.32 Å². The summed E-state index contributed by atoms with van der Waals surface area (Å²) in [5.41, 5.74) is -0.990. The quantitative estimate of drug-likeness (QED) is 0.755. The van der Waals surface area contributed by atoms with E-state index in [0.29, 0.717) is 6.07 Å². The Labute approximate surface area is 142 Å². The van der Waals surface area contributed by atoms with Crippen LogP contribution in [0, 0.1) is 17.2 Å². The zero-order chi connectivity index (χ0) is 18.4. The molecule has 3 rings (SSSR count). The fraction of sp³-hybridized carbons (Fsp3) is 0.316. The number of hydrogen-bond acceptors (Lipinski definition) is 1. The Bertz CT molecular complexity index is 799. The third-order valence-electron chi connectivity index (χ3n) is 4.81. The smallest absolute Gasteiger partial charge is 0.325 e. The van der Waals surface area contributed by atoms with Gasteiger partial charge in [-0.05, 0) is 29.2 Å². The number of anilines is 1. The van der Waals surface area contributed by atoms with Gasteiger partial charge in [-0.3, -0.25) is 4.79 Å². The van der Waals surface area contributed by atoms with Crippen LogP contribution >= 0.6 is 0 Å². The van der Waals surface area contributed by atoms with Gasteiger partial charge in [0, 0.05) is 5.92 Å². The van der Waals surface area contributed by atoms with Crippen LogP contribution in [0.25, 0.3) is 0 Å². The van der Waals surface area contributed by atoms with Gasteiger partial charge < -0.3 is 5.32 Å². The molecular weight excluding hydrogens is 334 g/mol. The van der Waals surface area contributed by atoms with Crippen molar-refractivity contribution in [2.24, 2.45) is 11.3 Å². The van der Waals surface area contributed by atoms with Crippen molar-refractivity contribution in [3.05, 3.63) is 65.5 Å². The molecule has 0 aromatic heterocycles. The highest BCUT2D eigenvalue weighted by Gasteiger charge is 2.62. The van der Waals surface area contributed by atoms with Crippen molar-refractivity contribution in [1.29, 1.82) is 0 Å². The lowest BCUT2D eigenvalue weighted by Gasteiger charge is -2.14. The van der Waals surface area contributed by atoms with Gasteiger partial charge in [0.15, 0.2) is 0 Å². The van der Waals surface area contributed by atoms with E-state index in [-0.39, 0.29) is 11.3 Å². The number of rotatable bonds is 3. The first-order chi connectivity index (χ1) is 11.6. The fourth-order valence-electron chi connectivity index (χ4n) is 3.48. The number of carbonyl (C=O) groups is 1. The van der Waals surface area contributed by atoms with Crippen LogP contribution in [-0.2, 0) is 11.0 Å². The molecule has 0 spiro atoms. The summed E-state index contributed by atoms with van der Waals surface area (Å²) in [5.74, 6) is -2.00. The van der Waals surface area contributed by atoms with Crippen LogP contribution < -0.4 is 5.32 Å². The summed E-state index contributed by atoms with van der Waals surface area (Å²) in [5, 5.41) is 2.34. The molecule has 1 N–H and O–H groups in total. The number of halogens is 4. The van der Waals surface area contributed by atoms with Crippen molar-refractivity contribution in [3.8, 4) is 0 Å². The van der Waals surface area contributed by atoms with E-state index < -0.39 is 35.1 Å². The molecule has 0 bridgehead atoms. The van der Waals surface area contributed by atoms with Gasteiger partial charge in [0.1, 0.15) is 5.82 Å². The molecule has 25 heavy (non-hydrogen) atoms. The molecule has 2 unspecified atom stereocenters. The van der Waals surface area contributed by atoms with Gasteiger partial charge in [-0.1, -0.05) is 44.2 Å². The molecule has 0 saturated heterocycles.